The van der Waals surface area contributed by atoms with Crippen LogP contribution in [-0.2, 0) is 10.1 Å². The Bertz CT molecular complexity index is 620. The predicted molar refractivity (Wildman–Crippen MR) is 130 cm³/mol. The van der Waals surface area contributed by atoms with Gasteiger partial charge in [-0.2, -0.15) is 0 Å². The van der Waals surface area contributed by atoms with E-state index in [1.807, 2.05) is 30.3 Å². The fourth-order valence-corrected chi connectivity index (χ4v) is 4.57. The molecule has 1 rings (SSSR count). The third-order valence-corrected chi connectivity index (χ3v) is 7.04. The van der Waals surface area contributed by atoms with Crippen molar-refractivity contribution >= 4 is 32.8 Å². The van der Waals surface area contributed by atoms with E-state index in [0.717, 1.165) is 24.9 Å². The molecule has 6 heteroatoms. The monoisotopic (exact) mass is 491 g/mol. The highest BCUT2D eigenvalue weighted by Gasteiger charge is 2.24. The molecule has 0 radical (unpaired) electrons. The second kappa shape index (κ2) is 15.4. The number of para-hydroxylation sites is 1. The molecule has 29 heavy (non-hydrogen) atoms. The van der Waals surface area contributed by atoms with Gasteiger partial charge in [0.05, 0.1) is 36.0 Å². The molecular weight excluding hydrogens is 450 g/mol. The first-order valence-corrected chi connectivity index (χ1v) is 12.6. The van der Waals surface area contributed by atoms with Crippen LogP contribution >= 0.6 is 17.0 Å². The predicted octanol–water partition coefficient (Wildman–Crippen LogP) is 6.45. The standard InChI is InChI=1S/C23H41NO3S.BrH/c1-4-5-6-7-8-9-10-11-12-16-19-23(28(25,26)27)20-21-24(2,3)22-17-14-13-15-18-22;/h13-15,17-18,23H,4-12,16,19-21H2,1-3H3;1H. The molecular formula is C23H42BrNO3S. The van der Waals surface area contributed by atoms with E-state index in [0.29, 0.717) is 23.9 Å². The summed E-state index contributed by atoms with van der Waals surface area (Å²) in [7, 11) is -0.120. The quantitative estimate of drug-likeness (QED) is 0.151. The lowest BCUT2D eigenvalue weighted by molar-refractivity contribution is 0.368. The zero-order valence-corrected chi connectivity index (χ0v) is 21.2. The molecule has 0 aliphatic carbocycles. The van der Waals surface area contributed by atoms with Gasteiger partial charge in [0.2, 0.25) is 0 Å². The van der Waals surface area contributed by atoms with E-state index in [2.05, 4.69) is 21.0 Å². The first-order valence-electron chi connectivity index (χ1n) is 11.1. The lowest BCUT2D eigenvalue weighted by Crippen LogP contribution is -2.43. The molecule has 0 aromatic heterocycles. The molecule has 1 aromatic carbocycles. The van der Waals surface area contributed by atoms with E-state index in [1.165, 1.54) is 44.9 Å². The van der Waals surface area contributed by atoms with Crippen LogP contribution in [0.2, 0.25) is 0 Å². The molecule has 0 spiro atoms. The summed E-state index contributed by atoms with van der Waals surface area (Å²) in [5, 5.41) is -0.761. The summed E-state index contributed by atoms with van der Waals surface area (Å²) >= 11 is 0. The summed E-state index contributed by atoms with van der Waals surface area (Å²) < 4.78 is 35.7. The SMILES string of the molecule is Br.CCCCCCCCCCCCC(CC[N+](C)(C)c1ccccc1)S(=O)(=O)[O-]. The molecule has 1 aromatic rings. The lowest BCUT2D eigenvalue weighted by Gasteiger charge is -2.31. The molecule has 0 fully saturated rings. The highest BCUT2D eigenvalue weighted by Crippen LogP contribution is 2.22. The molecule has 4 nitrogen and oxygen atoms in total. The van der Waals surface area contributed by atoms with E-state index in [9.17, 15) is 13.0 Å². The van der Waals surface area contributed by atoms with E-state index in [1.54, 1.807) is 0 Å². The Balaban J connectivity index is 0.00000784. The highest BCUT2D eigenvalue weighted by atomic mass is 79.9. The van der Waals surface area contributed by atoms with Crippen molar-refractivity contribution in [3.05, 3.63) is 30.3 Å². The van der Waals surface area contributed by atoms with Crippen LogP contribution in [0.15, 0.2) is 30.3 Å². The average molecular weight is 493 g/mol. The van der Waals surface area contributed by atoms with Gasteiger partial charge < -0.3 is 4.55 Å². The molecule has 0 bridgehead atoms. The number of hydrogen-bond donors (Lipinski definition) is 0. The summed E-state index contributed by atoms with van der Waals surface area (Å²) in [5.74, 6) is 0. The van der Waals surface area contributed by atoms with E-state index in [4.69, 9.17) is 0 Å². The Morgan fingerprint density at radius 2 is 1.31 bits per heavy atom. The Labute approximate surface area is 190 Å². The average Bonchev–Trinajstić information content (AvgIpc) is 2.65. The Kier molecular flexibility index (Phi) is 15.2. The van der Waals surface area contributed by atoms with E-state index >= 15 is 0 Å². The topological polar surface area (TPSA) is 57.2 Å². The van der Waals surface area contributed by atoms with Crippen LogP contribution < -0.4 is 4.48 Å². The second-order valence-corrected chi connectivity index (χ2v) is 10.3. The van der Waals surface area contributed by atoms with Crippen molar-refractivity contribution in [2.75, 3.05) is 20.6 Å². The lowest BCUT2D eigenvalue weighted by atomic mass is 10.0. The van der Waals surface area contributed by atoms with Gasteiger partial charge in [0.15, 0.2) is 0 Å². The number of benzene rings is 1. The summed E-state index contributed by atoms with van der Waals surface area (Å²) in [6, 6.07) is 10.0. The molecule has 170 valence electrons. The van der Waals surface area contributed by atoms with Crippen LogP contribution in [-0.4, -0.2) is 38.9 Å². The van der Waals surface area contributed by atoms with Gasteiger partial charge in [0.1, 0.15) is 5.69 Å². The largest absolute Gasteiger partial charge is 0.748 e. The number of quaternary nitrogens is 1. The maximum atomic E-state index is 11.7. The highest BCUT2D eigenvalue weighted by molar-refractivity contribution is 8.93. The molecule has 0 N–H and O–H groups in total. The van der Waals surface area contributed by atoms with Gasteiger partial charge in [-0.1, -0.05) is 89.3 Å². The van der Waals surface area contributed by atoms with Crippen molar-refractivity contribution in [1.29, 1.82) is 0 Å². The summed E-state index contributed by atoms with van der Waals surface area (Å²) in [6.07, 6.45) is 13.0. The van der Waals surface area contributed by atoms with Crippen LogP contribution in [0.5, 0.6) is 0 Å². The van der Waals surface area contributed by atoms with Crippen molar-refractivity contribution in [2.45, 2.75) is 89.2 Å². The summed E-state index contributed by atoms with van der Waals surface area (Å²) in [6.45, 7) is 2.88. The third-order valence-electron chi connectivity index (χ3n) is 5.75. The molecule has 0 heterocycles. The Hall–Kier alpha value is -0.430. The number of nitrogens with zero attached hydrogens (tertiary/aromatic N) is 1. The fraction of sp³-hybridized carbons (Fsp3) is 0.739. The van der Waals surface area contributed by atoms with Crippen molar-refractivity contribution < 1.29 is 13.0 Å². The van der Waals surface area contributed by atoms with Crippen molar-refractivity contribution in [1.82, 2.24) is 4.48 Å². The number of hydrogen-bond acceptors (Lipinski definition) is 3. The van der Waals surface area contributed by atoms with Gasteiger partial charge in [-0.25, -0.2) is 8.42 Å². The maximum absolute atomic E-state index is 11.7. The first-order chi connectivity index (χ1) is 13.3. The zero-order chi connectivity index (χ0) is 20.9. The van der Waals surface area contributed by atoms with Gasteiger partial charge in [0, 0.05) is 6.42 Å². The Morgan fingerprint density at radius 1 is 0.828 bits per heavy atom. The molecule has 1 unspecified atom stereocenters. The van der Waals surface area contributed by atoms with Gasteiger partial charge in [0.25, 0.3) is 0 Å². The molecule has 1 atom stereocenters. The number of unbranched alkanes of at least 4 members (excludes halogenated alkanes) is 9. The summed E-state index contributed by atoms with van der Waals surface area (Å²) in [4.78, 5) is 0. The smallest absolute Gasteiger partial charge is 0.132 e. The van der Waals surface area contributed by atoms with Crippen molar-refractivity contribution in [2.24, 2.45) is 0 Å². The molecule has 0 saturated heterocycles. The molecule has 0 amide bonds. The van der Waals surface area contributed by atoms with Gasteiger partial charge >= 0.3 is 0 Å². The second-order valence-electron chi connectivity index (χ2n) is 8.62. The van der Waals surface area contributed by atoms with Crippen molar-refractivity contribution in [3.8, 4) is 0 Å². The fourth-order valence-electron chi connectivity index (χ4n) is 3.72. The minimum Gasteiger partial charge on any atom is -0.748 e. The maximum Gasteiger partial charge on any atom is 0.132 e. The van der Waals surface area contributed by atoms with Crippen LogP contribution in [0.4, 0.5) is 5.69 Å². The van der Waals surface area contributed by atoms with E-state index < -0.39 is 15.4 Å². The van der Waals surface area contributed by atoms with Crippen LogP contribution in [0, 0.1) is 0 Å². The first kappa shape index (κ1) is 28.6. The van der Waals surface area contributed by atoms with Crippen LogP contribution in [0.1, 0.15) is 84.0 Å². The van der Waals surface area contributed by atoms with Crippen LogP contribution in [0.25, 0.3) is 0 Å². The molecule has 0 saturated carbocycles. The van der Waals surface area contributed by atoms with Crippen molar-refractivity contribution in [3.63, 3.8) is 0 Å². The Morgan fingerprint density at radius 3 is 1.79 bits per heavy atom. The zero-order valence-electron chi connectivity index (χ0n) is 18.6. The molecule has 0 aliphatic rings. The van der Waals surface area contributed by atoms with Gasteiger partial charge in [-0.3, -0.25) is 4.48 Å². The van der Waals surface area contributed by atoms with Gasteiger partial charge in [-0.15, -0.1) is 17.0 Å². The van der Waals surface area contributed by atoms with Gasteiger partial charge in [-0.05, 0) is 18.6 Å². The minimum absolute atomic E-state index is 0. The minimum atomic E-state index is -4.24. The van der Waals surface area contributed by atoms with Crippen LogP contribution in [0.3, 0.4) is 0 Å². The summed E-state index contributed by atoms with van der Waals surface area (Å²) in [5.41, 5.74) is 1.13. The number of halogens is 1. The van der Waals surface area contributed by atoms with E-state index in [-0.39, 0.29) is 17.0 Å². The normalized spacial score (nSPS) is 13.1. The molecule has 0 aliphatic heterocycles. The number of rotatable bonds is 16. The third kappa shape index (κ3) is 12.8.